The van der Waals surface area contributed by atoms with Crippen molar-refractivity contribution < 1.29 is 25.3 Å². The molecule has 1 aliphatic rings. The van der Waals surface area contributed by atoms with E-state index in [2.05, 4.69) is 0 Å². The number of ether oxygens (including phenoxy) is 1. The minimum Gasteiger partial charge on any atom is -0.393 e. The van der Waals surface area contributed by atoms with Crippen molar-refractivity contribution in [1.82, 2.24) is 0 Å². The molecule has 1 heterocycles. The quantitative estimate of drug-likeness (QED) is 0.441. The molecule has 0 aliphatic carbocycles. The van der Waals surface area contributed by atoms with Gasteiger partial charge in [0.25, 0.3) is 0 Å². The van der Waals surface area contributed by atoms with Gasteiger partial charge in [-0.3, -0.25) is 0 Å². The van der Waals surface area contributed by atoms with Crippen LogP contribution >= 0.6 is 0 Å². The first-order valence-electron chi connectivity index (χ1n) is 4.01. The molecule has 0 aromatic heterocycles. The van der Waals surface area contributed by atoms with E-state index in [1.807, 2.05) is 6.92 Å². The molecule has 0 saturated carbocycles. The topological polar surface area (TPSA) is 75.5 Å². The highest BCUT2D eigenvalue weighted by Gasteiger charge is 2.40. The summed E-state index contributed by atoms with van der Waals surface area (Å²) in [5, 5.41) is 18.5. The molecule has 72 valence electrons. The zero-order valence-corrected chi connectivity index (χ0v) is 7.30. The normalized spacial score (nSPS) is 43.0. The van der Waals surface area contributed by atoms with Crippen molar-refractivity contribution in [2.24, 2.45) is 0 Å². The molecule has 12 heavy (non-hydrogen) atoms. The predicted octanol–water partition coefficient (Wildman–Crippen LogP) is -2.38. The molecule has 4 N–H and O–H groups in total. The number of hydrogen-bond donors (Lipinski definition) is 3. The molecular weight excluding hydrogens is 162 g/mol. The van der Waals surface area contributed by atoms with Crippen LogP contribution in [-0.4, -0.2) is 48.3 Å². The van der Waals surface area contributed by atoms with Gasteiger partial charge in [0.05, 0.1) is 6.61 Å². The van der Waals surface area contributed by atoms with Gasteiger partial charge in [-0.15, -0.1) is 0 Å². The van der Waals surface area contributed by atoms with Crippen LogP contribution < -0.4 is 5.48 Å². The summed E-state index contributed by atoms with van der Waals surface area (Å²) in [7, 11) is 1.50. The molecule has 5 heteroatoms. The fraction of sp³-hybridized carbons (Fsp3) is 1.00. The molecule has 0 radical (unpaired) electrons. The summed E-state index contributed by atoms with van der Waals surface area (Å²) in [5.41, 5.74) is 1.54. The van der Waals surface area contributed by atoms with E-state index in [9.17, 15) is 5.11 Å². The average molecular weight is 178 g/mol. The van der Waals surface area contributed by atoms with Gasteiger partial charge in [0.2, 0.25) is 0 Å². The van der Waals surface area contributed by atoms with E-state index >= 15 is 0 Å². The second-order valence-corrected chi connectivity index (χ2v) is 3.04. The maximum Gasteiger partial charge on any atom is 0.168 e. The van der Waals surface area contributed by atoms with Gasteiger partial charge in [-0.2, -0.15) is 10.3 Å². The zero-order chi connectivity index (χ0) is 9.14. The van der Waals surface area contributed by atoms with Crippen LogP contribution in [0.15, 0.2) is 0 Å². The van der Waals surface area contributed by atoms with Crippen LogP contribution in [0, 0.1) is 0 Å². The van der Waals surface area contributed by atoms with Crippen molar-refractivity contribution in [3.05, 3.63) is 0 Å². The standard InChI is InChI=1S/C7H15NO4/c1-4-6(10)7(11-2)5(3-9)12-8-4/h4-10H,3H2,1-2H3/p+1. The Morgan fingerprint density at radius 2 is 2.25 bits per heavy atom. The number of methoxy groups -OCH3 is 1. The second-order valence-electron chi connectivity index (χ2n) is 3.04. The van der Waals surface area contributed by atoms with Crippen LogP contribution in [0.2, 0.25) is 0 Å². The summed E-state index contributed by atoms with van der Waals surface area (Å²) >= 11 is 0. The van der Waals surface area contributed by atoms with Crippen molar-refractivity contribution in [1.29, 1.82) is 0 Å². The Morgan fingerprint density at radius 3 is 2.75 bits per heavy atom. The van der Waals surface area contributed by atoms with E-state index in [-0.39, 0.29) is 12.6 Å². The molecule has 1 rings (SSSR count). The zero-order valence-electron chi connectivity index (χ0n) is 7.30. The first kappa shape index (κ1) is 9.88. The summed E-state index contributed by atoms with van der Waals surface area (Å²) in [6.07, 6.45) is -1.47. The van der Waals surface area contributed by atoms with Gasteiger partial charge in [-0.1, -0.05) is 0 Å². The Bertz CT molecular complexity index is 141. The molecule has 0 aromatic rings. The molecule has 4 atom stereocenters. The fourth-order valence-electron chi connectivity index (χ4n) is 1.34. The van der Waals surface area contributed by atoms with Crippen LogP contribution in [0.5, 0.6) is 0 Å². The van der Waals surface area contributed by atoms with Crippen LogP contribution in [0.4, 0.5) is 0 Å². The highest BCUT2D eigenvalue weighted by Crippen LogP contribution is 2.11. The van der Waals surface area contributed by atoms with Gasteiger partial charge in [-0.05, 0) is 6.92 Å². The van der Waals surface area contributed by atoms with Gasteiger partial charge >= 0.3 is 0 Å². The SMILES string of the molecule is COC1C(CO)O[NH2+]C(C)C1O. The second kappa shape index (κ2) is 4.15. The van der Waals surface area contributed by atoms with Gasteiger partial charge in [0.15, 0.2) is 6.10 Å². The Kier molecular flexibility index (Phi) is 3.42. The Balaban J connectivity index is 2.58. The van der Waals surface area contributed by atoms with E-state index < -0.39 is 18.3 Å². The maximum absolute atomic E-state index is 9.59. The summed E-state index contributed by atoms with van der Waals surface area (Å²) in [6.45, 7) is 1.70. The van der Waals surface area contributed by atoms with Crippen molar-refractivity contribution in [3.8, 4) is 0 Å². The molecule has 0 amide bonds. The van der Waals surface area contributed by atoms with Gasteiger partial charge < -0.3 is 14.9 Å². The van der Waals surface area contributed by atoms with E-state index in [1.54, 1.807) is 5.48 Å². The van der Waals surface area contributed by atoms with Gasteiger partial charge in [0, 0.05) is 7.11 Å². The molecule has 1 aliphatic heterocycles. The van der Waals surface area contributed by atoms with E-state index in [0.717, 1.165) is 0 Å². The number of nitrogens with two attached hydrogens (primary N) is 1. The van der Waals surface area contributed by atoms with Crippen molar-refractivity contribution in [2.75, 3.05) is 13.7 Å². The van der Waals surface area contributed by atoms with Gasteiger partial charge in [0.1, 0.15) is 18.2 Å². The summed E-state index contributed by atoms with van der Waals surface area (Å²) in [4.78, 5) is 5.15. The predicted molar refractivity (Wildman–Crippen MR) is 40.1 cm³/mol. The molecule has 1 saturated heterocycles. The largest absolute Gasteiger partial charge is 0.393 e. The molecule has 0 spiro atoms. The smallest absolute Gasteiger partial charge is 0.168 e. The minimum atomic E-state index is -0.596. The molecule has 5 nitrogen and oxygen atoms in total. The lowest BCUT2D eigenvalue weighted by Gasteiger charge is -2.33. The maximum atomic E-state index is 9.59. The van der Waals surface area contributed by atoms with Gasteiger partial charge in [-0.25, -0.2) is 0 Å². The molecule has 0 aromatic carbocycles. The summed E-state index contributed by atoms with van der Waals surface area (Å²) < 4.78 is 5.02. The van der Waals surface area contributed by atoms with Crippen LogP contribution in [0.1, 0.15) is 6.92 Å². The lowest BCUT2D eigenvalue weighted by Crippen LogP contribution is -2.96. The van der Waals surface area contributed by atoms with Crippen LogP contribution in [-0.2, 0) is 9.57 Å². The number of quaternary nitrogens is 1. The van der Waals surface area contributed by atoms with Crippen molar-refractivity contribution in [3.63, 3.8) is 0 Å². The number of aliphatic hydroxyl groups is 2. The van der Waals surface area contributed by atoms with Crippen LogP contribution in [0.25, 0.3) is 0 Å². The van der Waals surface area contributed by atoms with Crippen LogP contribution in [0.3, 0.4) is 0 Å². The molecular formula is C7H16NO4+. The first-order chi connectivity index (χ1) is 5.70. The van der Waals surface area contributed by atoms with Crippen molar-refractivity contribution >= 4 is 0 Å². The molecule has 4 unspecified atom stereocenters. The monoisotopic (exact) mass is 178 g/mol. The highest BCUT2D eigenvalue weighted by molar-refractivity contribution is 4.81. The highest BCUT2D eigenvalue weighted by atomic mass is 16.7. The third-order valence-corrected chi connectivity index (χ3v) is 2.16. The lowest BCUT2D eigenvalue weighted by atomic mass is 10.0. The van der Waals surface area contributed by atoms with E-state index in [4.69, 9.17) is 14.7 Å². The molecule has 0 bridgehead atoms. The minimum absolute atomic E-state index is 0.0576. The van der Waals surface area contributed by atoms with E-state index in [1.165, 1.54) is 7.11 Å². The number of hydroxylamine groups is 1. The number of rotatable bonds is 2. The summed E-state index contributed by atoms with van der Waals surface area (Å²) in [5.74, 6) is 0. The number of hydrogen-bond acceptors (Lipinski definition) is 4. The third kappa shape index (κ3) is 1.75. The first-order valence-corrected chi connectivity index (χ1v) is 4.01. The average Bonchev–Trinajstić information content (AvgIpc) is 2.09. The Hall–Kier alpha value is -0.200. The molecule has 1 fully saturated rings. The third-order valence-electron chi connectivity index (χ3n) is 2.16. The Labute approximate surface area is 71.2 Å². The van der Waals surface area contributed by atoms with E-state index in [0.29, 0.717) is 0 Å². The summed E-state index contributed by atoms with van der Waals surface area (Å²) in [6, 6.07) is -0.0576. The van der Waals surface area contributed by atoms with Crippen molar-refractivity contribution in [2.45, 2.75) is 31.3 Å². The fourth-order valence-corrected chi connectivity index (χ4v) is 1.34. The lowest BCUT2D eigenvalue weighted by molar-refractivity contribution is -0.938. The number of aliphatic hydroxyl groups excluding tert-OH is 2. The Morgan fingerprint density at radius 1 is 1.58 bits per heavy atom.